The Bertz CT molecular complexity index is 332. The highest BCUT2D eigenvalue weighted by Crippen LogP contribution is 1.93. The van der Waals surface area contributed by atoms with Crippen molar-refractivity contribution in [2.24, 2.45) is 5.92 Å². The van der Waals surface area contributed by atoms with Crippen molar-refractivity contribution in [2.45, 2.75) is 26.5 Å². The quantitative estimate of drug-likeness (QED) is 0.749. The van der Waals surface area contributed by atoms with Crippen LogP contribution in [0.5, 0.6) is 0 Å². The predicted octanol–water partition coefficient (Wildman–Crippen LogP) is 0.516. The van der Waals surface area contributed by atoms with Crippen LogP contribution in [-0.4, -0.2) is 28.9 Å². The van der Waals surface area contributed by atoms with Crippen molar-refractivity contribution in [1.29, 1.82) is 0 Å². The van der Waals surface area contributed by atoms with Gasteiger partial charge < -0.3 is 15.0 Å². The molecule has 0 saturated carbocycles. The molecule has 15 heavy (non-hydrogen) atoms. The third-order valence-electron chi connectivity index (χ3n) is 1.98. The molecule has 0 aromatic carbocycles. The second-order valence-electron chi connectivity index (χ2n) is 4.03. The molecule has 1 atom stereocenters. The van der Waals surface area contributed by atoms with E-state index in [2.05, 4.69) is 19.2 Å². The van der Waals surface area contributed by atoms with Gasteiger partial charge in [-0.15, -0.1) is 0 Å². The topological polar surface area (TPSA) is 54.3 Å². The molecule has 1 rings (SSSR count). The molecule has 0 radical (unpaired) electrons. The minimum atomic E-state index is -0.504. The Labute approximate surface area is 93.6 Å². The van der Waals surface area contributed by atoms with Gasteiger partial charge in [0.15, 0.2) is 0 Å². The van der Waals surface area contributed by atoms with E-state index in [4.69, 9.17) is 0 Å². The van der Waals surface area contributed by atoms with Gasteiger partial charge in [0.05, 0.1) is 12.6 Å². The zero-order valence-corrected chi connectivity index (χ0v) is 9.96. The van der Waals surface area contributed by atoms with Gasteiger partial charge in [-0.25, -0.2) is 0 Å². The molecule has 0 bridgehead atoms. The highest BCUT2D eigenvalue weighted by Gasteiger charge is 2.06. The van der Waals surface area contributed by atoms with Crippen LogP contribution in [-0.2, 0) is 6.54 Å². The van der Waals surface area contributed by atoms with Gasteiger partial charge in [0.1, 0.15) is 0 Å². The summed E-state index contributed by atoms with van der Waals surface area (Å²) in [6.45, 7) is 6.01. The Morgan fingerprint density at radius 2 is 2.27 bits per heavy atom. The Morgan fingerprint density at radius 1 is 1.53 bits per heavy atom. The van der Waals surface area contributed by atoms with Gasteiger partial charge in [0.2, 0.25) is 0 Å². The van der Waals surface area contributed by atoms with Crippen LogP contribution < -0.4 is 10.2 Å². The van der Waals surface area contributed by atoms with Crippen LogP contribution in [0.2, 0.25) is 0 Å². The van der Waals surface area contributed by atoms with Gasteiger partial charge in [-0.05, 0) is 12.5 Å². The predicted molar refractivity (Wildman–Crippen MR) is 62.3 cm³/mol. The lowest BCUT2D eigenvalue weighted by Gasteiger charge is -2.13. The second kappa shape index (κ2) is 6.05. The fraction of sp³-hybridized carbons (Fsp3) is 0.700. The van der Waals surface area contributed by atoms with Crippen LogP contribution in [0.3, 0.4) is 0 Å². The van der Waals surface area contributed by atoms with Gasteiger partial charge in [-0.3, -0.25) is 4.79 Å². The second-order valence-corrected chi connectivity index (χ2v) is 4.88. The van der Waals surface area contributed by atoms with Gasteiger partial charge >= 0.3 is 4.87 Å². The van der Waals surface area contributed by atoms with E-state index in [-0.39, 0.29) is 4.87 Å². The number of thiazole rings is 1. The smallest absolute Gasteiger partial charge is 0.307 e. The molecule has 1 unspecified atom stereocenters. The first kappa shape index (κ1) is 12.4. The maximum absolute atomic E-state index is 11.2. The van der Waals surface area contributed by atoms with Crippen molar-refractivity contribution < 1.29 is 5.11 Å². The number of nitrogens with zero attached hydrogens (tertiary/aromatic N) is 1. The lowest BCUT2D eigenvalue weighted by molar-refractivity contribution is 0.150. The Morgan fingerprint density at radius 3 is 2.80 bits per heavy atom. The number of rotatable bonds is 6. The van der Waals surface area contributed by atoms with Crippen LogP contribution in [0.15, 0.2) is 16.4 Å². The average molecular weight is 230 g/mol. The summed E-state index contributed by atoms with van der Waals surface area (Å²) < 4.78 is 1.53. The summed E-state index contributed by atoms with van der Waals surface area (Å²) in [7, 11) is 0. The molecule has 0 saturated heterocycles. The maximum atomic E-state index is 11.2. The zero-order valence-electron chi connectivity index (χ0n) is 9.14. The molecule has 2 N–H and O–H groups in total. The van der Waals surface area contributed by atoms with Crippen LogP contribution in [0.1, 0.15) is 13.8 Å². The summed E-state index contributed by atoms with van der Waals surface area (Å²) >= 11 is 1.15. The summed E-state index contributed by atoms with van der Waals surface area (Å²) in [6, 6.07) is 0. The highest BCUT2D eigenvalue weighted by atomic mass is 32.1. The van der Waals surface area contributed by atoms with E-state index in [1.54, 1.807) is 11.6 Å². The molecular formula is C10H18N2O2S. The van der Waals surface area contributed by atoms with E-state index in [0.29, 0.717) is 19.0 Å². The SMILES string of the molecule is CC(C)CNCC(O)Cn1ccsc1=O. The van der Waals surface area contributed by atoms with Gasteiger partial charge in [-0.2, -0.15) is 0 Å². The molecule has 86 valence electrons. The molecule has 0 amide bonds. The molecule has 4 nitrogen and oxygen atoms in total. The standard InChI is InChI=1S/C10H18N2O2S/c1-8(2)5-11-6-9(13)7-12-3-4-15-10(12)14/h3-4,8-9,11,13H,5-7H2,1-2H3. The van der Waals surface area contributed by atoms with E-state index in [0.717, 1.165) is 17.9 Å². The fourth-order valence-electron chi connectivity index (χ4n) is 1.26. The normalized spacial score (nSPS) is 13.3. The number of aliphatic hydroxyl groups excluding tert-OH is 1. The number of hydrogen-bond acceptors (Lipinski definition) is 4. The molecule has 0 aliphatic heterocycles. The first-order valence-corrected chi connectivity index (χ1v) is 6.00. The molecule has 0 fully saturated rings. The molecule has 0 aliphatic rings. The average Bonchev–Trinajstić information content (AvgIpc) is 2.51. The monoisotopic (exact) mass is 230 g/mol. The summed E-state index contributed by atoms with van der Waals surface area (Å²) in [5, 5.41) is 14.5. The molecule has 1 aromatic heterocycles. The third kappa shape index (κ3) is 4.59. The number of nitrogens with one attached hydrogen (secondary N) is 1. The van der Waals surface area contributed by atoms with Crippen molar-refractivity contribution in [3.05, 3.63) is 21.2 Å². The minimum Gasteiger partial charge on any atom is -0.390 e. The molecule has 1 heterocycles. The Hall–Kier alpha value is -0.650. The van der Waals surface area contributed by atoms with E-state index in [1.807, 2.05) is 0 Å². The van der Waals surface area contributed by atoms with E-state index < -0.39 is 6.10 Å². The minimum absolute atomic E-state index is 0.0158. The van der Waals surface area contributed by atoms with E-state index in [1.165, 1.54) is 4.57 Å². The lowest BCUT2D eigenvalue weighted by Crippen LogP contribution is -2.33. The van der Waals surface area contributed by atoms with Crippen LogP contribution >= 0.6 is 11.3 Å². The summed E-state index contributed by atoms with van der Waals surface area (Å²) in [4.78, 5) is 11.2. The van der Waals surface area contributed by atoms with Crippen LogP contribution in [0.25, 0.3) is 0 Å². The highest BCUT2D eigenvalue weighted by molar-refractivity contribution is 7.07. The van der Waals surface area contributed by atoms with E-state index in [9.17, 15) is 9.90 Å². The number of aliphatic hydroxyl groups is 1. The number of hydrogen-bond donors (Lipinski definition) is 2. The molecule has 5 heteroatoms. The molecule has 0 aliphatic carbocycles. The van der Waals surface area contributed by atoms with Crippen molar-refractivity contribution in [3.63, 3.8) is 0 Å². The van der Waals surface area contributed by atoms with Crippen LogP contribution in [0.4, 0.5) is 0 Å². The van der Waals surface area contributed by atoms with Crippen molar-refractivity contribution in [2.75, 3.05) is 13.1 Å². The Kier molecular flexibility index (Phi) is 5.01. The largest absolute Gasteiger partial charge is 0.390 e. The van der Waals surface area contributed by atoms with Crippen LogP contribution in [0, 0.1) is 5.92 Å². The van der Waals surface area contributed by atoms with Crippen molar-refractivity contribution >= 4 is 11.3 Å². The number of aromatic nitrogens is 1. The fourth-order valence-corrected chi connectivity index (χ4v) is 1.85. The third-order valence-corrected chi connectivity index (χ3v) is 2.68. The van der Waals surface area contributed by atoms with E-state index >= 15 is 0 Å². The summed E-state index contributed by atoms with van der Waals surface area (Å²) in [6.07, 6.45) is 1.20. The molecule has 0 spiro atoms. The maximum Gasteiger partial charge on any atom is 0.307 e. The lowest BCUT2D eigenvalue weighted by atomic mass is 10.2. The molecular weight excluding hydrogens is 212 g/mol. The first-order chi connectivity index (χ1) is 7.09. The zero-order chi connectivity index (χ0) is 11.3. The summed E-state index contributed by atoms with van der Waals surface area (Å²) in [5.41, 5.74) is 0. The first-order valence-electron chi connectivity index (χ1n) is 5.12. The Balaban J connectivity index is 2.27. The summed E-state index contributed by atoms with van der Waals surface area (Å²) in [5.74, 6) is 0.570. The molecule has 1 aromatic rings. The van der Waals surface area contributed by atoms with Gasteiger partial charge in [0.25, 0.3) is 0 Å². The van der Waals surface area contributed by atoms with Gasteiger partial charge in [-0.1, -0.05) is 25.2 Å². The van der Waals surface area contributed by atoms with Gasteiger partial charge in [0, 0.05) is 18.1 Å². The van der Waals surface area contributed by atoms with Crippen molar-refractivity contribution in [1.82, 2.24) is 9.88 Å². The van der Waals surface area contributed by atoms with Crippen molar-refractivity contribution in [3.8, 4) is 0 Å².